The maximum atomic E-state index is 11.9. The number of carbonyl (C=O) groups is 3. The number of aromatic nitrogens is 1. The second-order valence-corrected chi connectivity index (χ2v) is 7.12. The fourth-order valence-corrected chi connectivity index (χ4v) is 3.06. The van der Waals surface area contributed by atoms with E-state index in [2.05, 4.69) is 4.98 Å². The Kier molecular flexibility index (Phi) is 6.84. The lowest BCUT2D eigenvalue weighted by molar-refractivity contribution is -0.145. The predicted octanol–water partition coefficient (Wildman–Crippen LogP) is 0.885. The Bertz CT molecular complexity index is 927. The Morgan fingerprint density at radius 1 is 1.17 bits per heavy atom. The molecule has 0 N–H and O–H groups in total. The van der Waals surface area contributed by atoms with Gasteiger partial charge in [0.15, 0.2) is 0 Å². The number of rotatable bonds is 5. The first kappa shape index (κ1) is 21.5. The van der Waals surface area contributed by atoms with E-state index in [1.165, 1.54) is 4.90 Å². The number of nitrogens with zero attached hydrogens (tertiary/aromatic N) is 2. The molecule has 30 heavy (non-hydrogen) atoms. The van der Waals surface area contributed by atoms with Crippen molar-refractivity contribution in [2.75, 3.05) is 26.7 Å². The minimum Gasteiger partial charge on any atom is -0.494 e. The molecule has 1 aromatic heterocycles. The first-order chi connectivity index (χ1) is 14.4. The summed E-state index contributed by atoms with van der Waals surface area (Å²) in [6, 6.07) is 8.98. The third-order valence-corrected chi connectivity index (χ3v) is 4.62. The molecular weight excluding hydrogens is 387 g/mol. The molecule has 0 unspecified atom stereocenters. The van der Waals surface area contributed by atoms with Crippen LogP contribution in [-0.4, -0.2) is 61.7 Å². The lowest BCUT2D eigenvalue weighted by Gasteiger charge is -2.22. The Hall–Kier alpha value is -3.20. The van der Waals surface area contributed by atoms with Gasteiger partial charge in [-0.1, -0.05) is 24.3 Å². The first-order valence-corrected chi connectivity index (χ1v) is 9.64. The number of ether oxygens (including phenoxy) is 1. The highest BCUT2D eigenvalue weighted by molar-refractivity contribution is 6.64. The van der Waals surface area contributed by atoms with Crippen LogP contribution in [0.4, 0.5) is 0 Å². The molecule has 1 aromatic carbocycles. The van der Waals surface area contributed by atoms with Gasteiger partial charge >= 0.3 is 25.0 Å². The molecule has 0 spiro atoms. The maximum absolute atomic E-state index is 11.9. The zero-order valence-electron chi connectivity index (χ0n) is 17.2. The van der Waals surface area contributed by atoms with Crippen LogP contribution in [0.2, 0.25) is 0 Å². The van der Waals surface area contributed by atoms with Crippen molar-refractivity contribution in [3.63, 3.8) is 0 Å². The van der Waals surface area contributed by atoms with Crippen molar-refractivity contribution in [2.45, 2.75) is 20.3 Å². The molecule has 2 aromatic rings. The van der Waals surface area contributed by atoms with Gasteiger partial charge in [-0.2, -0.15) is 0 Å². The highest BCUT2D eigenvalue weighted by atomic mass is 16.6. The van der Waals surface area contributed by atoms with Gasteiger partial charge in [-0.05, 0) is 50.1 Å². The van der Waals surface area contributed by atoms with E-state index >= 15 is 0 Å². The molecule has 156 valence electrons. The fourth-order valence-electron chi connectivity index (χ4n) is 3.06. The maximum Gasteiger partial charge on any atom is 0.636 e. The molecule has 8 nitrogen and oxygen atoms in total. The van der Waals surface area contributed by atoms with Crippen LogP contribution in [0.25, 0.3) is 0 Å². The SMILES string of the molecule is CCOC(=O)c1cc(Cc2ccc(B3OC(=O)CN(C)CC(=O)O3)cc2)c(C)cn1. The van der Waals surface area contributed by atoms with E-state index in [9.17, 15) is 14.4 Å². The van der Waals surface area contributed by atoms with E-state index in [0.29, 0.717) is 11.9 Å². The van der Waals surface area contributed by atoms with Crippen molar-refractivity contribution in [3.05, 3.63) is 58.9 Å². The minimum atomic E-state index is -1.06. The van der Waals surface area contributed by atoms with Crippen molar-refractivity contribution >= 4 is 30.5 Å². The van der Waals surface area contributed by atoms with Gasteiger partial charge in [0, 0.05) is 11.7 Å². The zero-order valence-corrected chi connectivity index (χ0v) is 17.2. The van der Waals surface area contributed by atoms with Gasteiger partial charge in [0.25, 0.3) is 0 Å². The van der Waals surface area contributed by atoms with Crippen LogP contribution in [0.15, 0.2) is 36.5 Å². The van der Waals surface area contributed by atoms with E-state index in [0.717, 1.165) is 16.7 Å². The number of benzene rings is 1. The van der Waals surface area contributed by atoms with Gasteiger partial charge in [0.2, 0.25) is 0 Å². The molecule has 0 amide bonds. The molecule has 1 fully saturated rings. The summed E-state index contributed by atoms with van der Waals surface area (Å²) in [6.45, 7) is 4.01. The molecule has 0 aliphatic carbocycles. The normalized spacial score (nSPS) is 15.1. The first-order valence-electron chi connectivity index (χ1n) is 9.64. The topological polar surface area (TPSA) is 95.0 Å². The average Bonchev–Trinajstić information content (AvgIpc) is 2.68. The van der Waals surface area contributed by atoms with Crippen molar-refractivity contribution in [1.82, 2.24) is 9.88 Å². The van der Waals surface area contributed by atoms with Crippen molar-refractivity contribution < 1.29 is 28.4 Å². The largest absolute Gasteiger partial charge is 0.636 e. The van der Waals surface area contributed by atoms with Crippen molar-refractivity contribution in [2.24, 2.45) is 0 Å². The lowest BCUT2D eigenvalue weighted by Crippen LogP contribution is -2.47. The molecule has 1 saturated heterocycles. The van der Waals surface area contributed by atoms with E-state index in [-0.39, 0.29) is 25.4 Å². The van der Waals surface area contributed by atoms with Crippen LogP contribution >= 0.6 is 0 Å². The Morgan fingerprint density at radius 2 is 1.80 bits per heavy atom. The van der Waals surface area contributed by atoms with Gasteiger partial charge in [0.1, 0.15) is 5.69 Å². The molecule has 0 atom stereocenters. The lowest BCUT2D eigenvalue weighted by atomic mass is 9.78. The molecular formula is C21H23BN2O6. The number of pyridine rings is 1. The van der Waals surface area contributed by atoms with Crippen LogP contribution in [-0.2, 0) is 30.1 Å². The summed E-state index contributed by atoms with van der Waals surface area (Å²) in [5.41, 5.74) is 3.73. The molecule has 1 aliphatic rings. The van der Waals surface area contributed by atoms with E-state index in [1.807, 2.05) is 19.1 Å². The monoisotopic (exact) mass is 410 g/mol. The highest BCUT2D eigenvalue weighted by Gasteiger charge is 2.33. The molecule has 9 heteroatoms. The van der Waals surface area contributed by atoms with Crippen LogP contribution in [0.1, 0.15) is 34.1 Å². The summed E-state index contributed by atoms with van der Waals surface area (Å²) in [4.78, 5) is 41.4. The number of carbonyl (C=O) groups excluding carboxylic acids is 3. The average molecular weight is 410 g/mol. The van der Waals surface area contributed by atoms with Gasteiger partial charge < -0.3 is 14.0 Å². The van der Waals surface area contributed by atoms with Crippen molar-refractivity contribution in [3.8, 4) is 0 Å². The number of aryl methyl sites for hydroxylation is 1. The van der Waals surface area contributed by atoms with Crippen LogP contribution in [0.3, 0.4) is 0 Å². The number of esters is 1. The molecule has 2 heterocycles. The minimum absolute atomic E-state index is 0.0216. The molecule has 0 bridgehead atoms. The molecule has 0 saturated carbocycles. The van der Waals surface area contributed by atoms with Crippen LogP contribution < -0.4 is 5.46 Å². The molecule has 1 aliphatic heterocycles. The summed E-state index contributed by atoms with van der Waals surface area (Å²) >= 11 is 0. The smallest absolute Gasteiger partial charge is 0.494 e. The Balaban J connectivity index is 1.74. The van der Waals surface area contributed by atoms with Gasteiger partial charge in [-0.15, -0.1) is 0 Å². The quantitative estimate of drug-likeness (QED) is 0.530. The van der Waals surface area contributed by atoms with E-state index < -0.39 is 25.0 Å². The third-order valence-electron chi connectivity index (χ3n) is 4.62. The summed E-state index contributed by atoms with van der Waals surface area (Å²) in [5, 5.41) is 0. The summed E-state index contributed by atoms with van der Waals surface area (Å²) in [6.07, 6.45) is 2.23. The Labute approximate surface area is 175 Å². The number of likely N-dealkylation sites (N-methyl/N-ethyl adjacent to an activating group) is 1. The van der Waals surface area contributed by atoms with Crippen LogP contribution in [0.5, 0.6) is 0 Å². The second-order valence-electron chi connectivity index (χ2n) is 7.12. The van der Waals surface area contributed by atoms with E-state index in [4.69, 9.17) is 14.0 Å². The van der Waals surface area contributed by atoms with Gasteiger partial charge in [-0.3, -0.25) is 14.5 Å². The highest BCUT2D eigenvalue weighted by Crippen LogP contribution is 2.15. The zero-order chi connectivity index (χ0) is 21.7. The standard InChI is InChI=1S/C21H23BN2O6/c1-4-28-21(27)18-10-16(14(2)11-23-18)9-15-5-7-17(8-6-15)22-29-19(25)12-24(3)13-20(26)30-22/h5-8,10-11H,4,9,12-13H2,1-3H3. The number of hydrogen-bond donors (Lipinski definition) is 0. The summed E-state index contributed by atoms with van der Waals surface area (Å²) in [5.74, 6) is -1.37. The third kappa shape index (κ3) is 5.45. The van der Waals surface area contributed by atoms with Gasteiger partial charge in [0.05, 0.1) is 19.7 Å². The van der Waals surface area contributed by atoms with Crippen molar-refractivity contribution in [1.29, 1.82) is 0 Å². The van der Waals surface area contributed by atoms with E-state index in [1.54, 1.807) is 38.4 Å². The second kappa shape index (κ2) is 9.54. The molecule has 0 radical (unpaired) electrons. The predicted molar refractivity (Wildman–Crippen MR) is 109 cm³/mol. The number of hydrogen-bond acceptors (Lipinski definition) is 8. The molecule has 3 rings (SSSR count). The summed E-state index contributed by atoms with van der Waals surface area (Å²) in [7, 11) is 0.581. The Morgan fingerprint density at radius 3 is 2.40 bits per heavy atom. The van der Waals surface area contributed by atoms with Gasteiger partial charge in [-0.25, -0.2) is 9.78 Å². The summed E-state index contributed by atoms with van der Waals surface area (Å²) < 4.78 is 15.6. The van der Waals surface area contributed by atoms with Crippen LogP contribution in [0, 0.1) is 6.92 Å². The fraction of sp³-hybridized carbons (Fsp3) is 0.333.